The molecule has 7 nitrogen and oxygen atoms in total. The number of benzene rings is 2. The standard InChI is InChI=1S/C22H23F3N2O5S/c23-22(24,25)17-4-2-5-18(13-17)33(29,30)27-9-7-15(8-10-27)21(28)26-14-16-3-1-6-19-20(16)32-12-11-31-19/h1-6,13,15H,7-12,14H2,(H,26,28). The summed E-state index contributed by atoms with van der Waals surface area (Å²) in [4.78, 5) is 12.2. The van der Waals surface area contributed by atoms with Gasteiger partial charge in [-0.3, -0.25) is 4.79 Å². The summed E-state index contributed by atoms with van der Waals surface area (Å²) < 4.78 is 76.8. The Hall–Kier alpha value is -2.79. The first kappa shape index (κ1) is 23.4. The molecule has 4 rings (SSSR count). The number of hydrogen-bond donors (Lipinski definition) is 1. The van der Waals surface area contributed by atoms with Crippen LogP contribution in [0.4, 0.5) is 13.2 Å². The highest BCUT2D eigenvalue weighted by atomic mass is 32.2. The largest absolute Gasteiger partial charge is 0.486 e. The quantitative estimate of drug-likeness (QED) is 0.705. The van der Waals surface area contributed by atoms with Crippen LogP contribution in [0, 0.1) is 5.92 Å². The van der Waals surface area contributed by atoms with Crippen LogP contribution in [-0.2, 0) is 27.5 Å². The van der Waals surface area contributed by atoms with Gasteiger partial charge in [-0.15, -0.1) is 0 Å². The third-order valence-corrected chi connectivity index (χ3v) is 7.62. The van der Waals surface area contributed by atoms with Gasteiger partial charge in [0.1, 0.15) is 13.2 Å². The van der Waals surface area contributed by atoms with Gasteiger partial charge in [-0.1, -0.05) is 18.2 Å². The molecular formula is C22H23F3N2O5S. The summed E-state index contributed by atoms with van der Waals surface area (Å²) in [6, 6.07) is 9.13. The fourth-order valence-corrected chi connectivity index (χ4v) is 5.46. The molecule has 1 fully saturated rings. The summed E-state index contributed by atoms with van der Waals surface area (Å²) in [5, 5.41) is 2.86. The number of carbonyl (C=O) groups excluding carboxylic acids is 1. The van der Waals surface area contributed by atoms with Gasteiger partial charge in [0, 0.05) is 31.1 Å². The molecule has 2 heterocycles. The van der Waals surface area contributed by atoms with Crippen LogP contribution in [-0.4, -0.2) is 44.9 Å². The summed E-state index contributed by atoms with van der Waals surface area (Å²) in [5.74, 6) is 0.627. The van der Waals surface area contributed by atoms with Crippen molar-refractivity contribution in [2.75, 3.05) is 26.3 Å². The Kier molecular flexibility index (Phi) is 6.53. The smallest absolute Gasteiger partial charge is 0.416 e. The van der Waals surface area contributed by atoms with Crippen LogP contribution in [0.15, 0.2) is 47.4 Å². The number of carbonyl (C=O) groups is 1. The summed E-state index contributed by atoms with van der Waals surface area (Å²) in [5.41, 5.74) is -0.236. The van der Waals surface area contributed by atoms with Crippen molar-refractivity contribution in [2.45, 2.75) is 30.5 Å². The molecule has 0 unspecified atom stereocenters. The molecule has 0 radical (unpaired) electrons. The molecule has 2 aliphatic rings. The molecule has 1 saturated heterocycles. The number of ether oxygens (including phenoxy) is 2. The summed E-state index contributed by atoms with van der Waals surface area (Å²) in [6.07, 6.45) is -4.08. The maximum absolute atomic E-state index is 13.0. The van der Waals surface area contributed by atoms with Gasteiger partial charge in [-0.05, 0) is 37.1 Å². The minimum atomic E-state index is -4.63. The second-order valence-electron chi connectivity index (χ2n) is 7.86. The fraction of sp³-hybridized carbons (Fsp3) is 0.409. The predicted molar refractivity (Wildman–Crippen MR) is 112 cm³/mol. The Balaban J connectivity index is 1.35. The van der Waals surface area contributed by atoms with E-state index in [4.69, 9.17) is 9.47 Å². The second-order valence-corrected chi connectivity index (χ2v) is 9.80. The van der Waals surface area contributed by atoms with Gasteiger partial charge >= 0.3 is 6.18 Å². The Bertz CT molecular complexity index is 1130. The number of para-hydroxylation sites is 1. The zero-order chi connectivity index (χ0) is 23.6. The highest BCUT2D eigenvalue weighted by Gasteiger charge is 2.35. The zero-order valence-electron chi connectivity index (χ0n) is 17.6. The predicted octanol–water partition coefficient (Wildman–Crippen LogP) is 3.19. The lowest BCUT2D eigenvalue weighted by atomic mass is 9.97. The molecule has 33 heavy (non-hydrogen) atoms. The normalized spacial score (nSPS) is 17.5. The molecule has 0 aliphatic carbocycles. The van der Waals surface area contributed by atoms with Gasteiger partial charge in [0.25, 0.3) is 0 Å². The maximum Gasteiger partial charge on any atom is 0.416 e. The molecule has 0 spiro atoms. The zero-order valence-corrected chi connectivity index (χ0v) is 18.4. The second kappa shape index (κ2) is 9.22. The number of nitrogens with one attached hydrogen (secondary N) is 1. The van der Waals surface area contributed by atoms with Crippen LogP contribution in [0.2, 0.25) is 0 Å². The summed E-state index contributed by atoms with van der Waals surface area (Å²) in [6.45, 7) is 1.23. The minimum Gasteiger partial charge on any atom is -0.486 e. The number of amides is 1. The van der Waals surface area contributed by atoms with Crippen LogP contribution in [0.3, 0.4) is 0 Å². The van der Waals surface area contributed by atoms with Gasteiger partial charge in [0.05, 0.1) is 10.5 Å². The number of piperidine rings is 1. The van der Waals surface area contributed by atoms with Crippen LogP contribution >= 0.6 is 0 Å². The van der Waals surface area contributed by atoms with Gasteiger partial charge < -0.3 is 14.8 Å². The molecule has 0 saturated carbocycles. The number of rotatable bonds is 5. The molecule has 178 valence electrons. The first-order valence-electron chi connectivity index (χ1n) is 10.5. The molecule has 2 aromatic carbocycles. The fourth-order valence-electron chi connectivity index (χ4n) is 3.94. The third-order valence-electron chi connectivity index (χ3n) is 5.72. The lowest BCUT2D eigenvalue weighted by molar-refractivity contribution is -0.137. The molecule has 0 atom stereocenters. The van der Waals surface area contributed by atoms with E-state index in [0.717, 1.165) is 28.1 Å². The number of fused-ring (bicyclic) bond motifs is 1. The first-order chi connectivity index (χ1) is 15.7. The van der Waals surface area contributed by atoms with E-state index in [2.05, 4.69) is 5.32 Å². The van der Waals surface area contributed by atoms with E-state index in [1.807, 2.05) is 12.1 Å². The van der Waals surface area contributed by atoms with E-state index in [9.17, 15) is 26.4 Å². The van der Waals surface area contributed by atoms with Crippen molar-refractivity contribution < 1.29 is 35.9 Å². The van der Waals surface area contributed by atoms with Crippen LogP contribution in [0.5, 0.6) is 11.5 Å². The Morgan fingerprint density at radius 1 is 1.06 bits per heavy atom. The van der Waals surface area contributed by atoms with E-state index in [1.54, 1.807) is 6.07 Å². The summed E-state index contributed by atoms with van der Waals surface area (Å²) in [7, 11) is -4.09. The minimum absolute atomic E-state index is 0.0500. The number of sulfonamides is 1. The Morgan fingerprint density at radius 2 is 1.76 bits per heavy atom. The van der Waals surface area contributed by atoms with Crippen molar-refractivity contribution in [3.05, 3.63) is 53.6 Å². The van der Waals surface area contributed by atoms with Gasteiger partial charge in [-0.25, -0.2) is 8.42 Å². The SMILES string of the molecule is O=C(NCc1cccc2c1OCCO2)C1CCN(S(=O)(=O)c2cccc(C(F)(F)F)c2)CC1. The van der Waals surface area contributed by atoms with Crippen molar-refractivity contribution in [2.24, 2.45) is 5.92 Å². The number of alkyl halides is 3. The molecule has 1 N–H and O–H groups in total. The van der Waals surface area contributed by atoms with E-state index < -0.39 is 32.6 Å². The summed E-state index contributed by atoms with van der Waals surface area (Å²) >= 11 is 0. The van der Waals surface area contributed by atoms with E-state index >= 15 is 0 Å². The van der Waals surface area contributed by atoms with E-state index in [-0.39, 0.29) is 38.4 Å². The van der Waals surface area contributed by atoms with Crippen LogP contribution < -0.4 is 14.8 Å². The van der Waals surface area contributed by atoms with Crippen LogP contribution in [0.25, 0.3) is 0 Å². The van der Waals surface area contributed by atoms with E-state index in [0.29, 0.717) is 30.8 Å². The monoisotopic (exact) mass is 484 g/mol. The van der Waals surface area contributed by atoms with Crippen molar-refractivity contribution in [3.8, 4) is 11.5 Å². The molecule has 0 bridgehead atoms. The van der Waals surface area contributed by atoms with Gasteiger partial charge in [0.15, 0.2) is 11.5 Å². The van der Waals surface area contributed by atoms with Crippen molar-refractivity contribution in [1.29, 1.82) is 0 Å². The van der Waals surface area contributed by atoms with Crippen molar-refractivity contribution in [1.82, 2.24) is 9.62 Å². The Labute approximate surface area is 189 Å². The lowest BCUT2D eigenvalue weighted by Gasteiger charge is -2.30. The molecular weight excluding hydrogens is 461 g/mol. The van der Waals surface area contributed by atoms with Gasteiger partial charge in [-0.2, -0.15) is 17.5 Å². The molecule has 2 aromatic rings. The molecule has 0 aromatic heterocycles. The first-order valence-corrected chi connectivity index (χ1v) is 11.9. The van der Waals surface area contributed by atoms with Crippen LogP contribution in [0.1, 0.15) is 24.0 Å². The highest BCUT2D eigenvalue weighted by Crippen LogP contribution is 2.34. The number of nitrogens with zero attached hydrogens (tertiary/aromatic N) is 1. The molecule has 2 aliphatic heterocycles. The molecule has 1 amide bonds. The Morgan fingerprint density at radius 3 is 2.48 bits per heavy atom. The average Bonchev–Trinajstić information content (AvgIpc) is 2.82. The highest BCUT2D eigenvalue weighted by molar-refractivity contribution is 7.89. The lowest BCUT2D eigenvalue weighted by Crippen LogP contribution is -2.42. The van der Waals surface area contributed by atoms with E-state index in [1.165, 1.54) is 0 Å². The average molecular weight is 484 g/mol. The number of hydrogen-bond acceptors (Lipinski definition) is 5. The third kappa shape index (κ3) is 5.09. The topological polar surface area (TPSA) is 84.9 Å². The van der Waals surface area contributed by atoms with Crippen molar-refractivity contribution >= 4 is 15.9 Å². The van der Waals surface area contributed by atoms with Gasteiger partial charge in [0.2, 0.25) is 15.9 Å². The number of halogens is 3. The maximum atomic E-state index is 13.0. The van der Waals surface area contributed by atoms with Crippen molar-refractivity contribution in [3.63, 3.8) is 0 Å². The molecule has 11 heteroatoms.